The molecule has 1 heterocycles. The first kappa shape index (κ1) is 23.3. The van der Waals surface area contributed by atoms with Gasteiger partial charge in [0.05, 0.1) is 10.6 Å². The van der Waals surface area contributed by atoms with E-state index in [0.717, 1.165) is 21.3 Å². The molecule has 3 aromatic carbocycles. The number of halogens is 1. The highest BCUT2D eigenvalue weighted by Gasteiger charge is 2.21. The van der Waals surface area contributed by atoms with Crippen molar-refractivity contribution in [1.29, 1.82) is 0 Å². The molecule has 1 N–H and O–H groups in total. The van der Waals surface area contributed by atoms with Gasteiger partial charge >= 0.3 is 0 Å². The molecular weight excluding hydrogens is 522 g/mol. The van der Waals surface area contributed by atoms with Crippen LogP contribution in [-0.4, -0.2) is 30.7 Å². The van der Waals surface area contributed by atoms with E-state index in [1.54, 1.807) is 0 Å². The van der Waals surface area contributed by atoms with E-state index >= 15 is 0 Å². The molecular formula is C24H20BrN3O3S2. The molecule has 0 radical (unpaired) electrons. The smallest absolute Gasteiger partial charge is 0.257 e. The third-order valence-electron chi connectivity index (χ3n) is 4.94. The largest absolute Gasteiger partial charge is 0.298 e. The fourth-order valence-corrected chi connectivity index (χ4v) is 5.28. The van der Waals surface area contributed by atoms with Crippen LogP contribution in [0.3, 0.4) is 0 Å². The number of hydrogen-bond acceptors (Lipinski definition) is 5. The molecule has 0 saturated carbocycles. The summed E-state index contributed by atoms with van der Waals surface area (Å²) in [5.74, 6) is -0.353. The van der Waals surface area contributed by atoms with Gasteiger partial charge in [0, 0.05) is 34.6 Å². The highest BCUT2D eigenvalue weighted by atomic mass is 79.9. The van der Waals surface area contributed by atoms with E-state index in [1.807, 2.05) is 60.0 Å². The average Bonchev–Trinajstić information content (AvgIpc) is 3.28. The van der Waals surface area contributed by atoms with E-state index in [1.165, 1.54) is 47.0 Å². The minimum atomic E-state index is -3.68. The van der Waals surface area contributed by atoms with Gasteiger partial charge < -0.3 is 0 Å². The van der Waals surface area contributed by atoms with Crippen molar-refractivity contribution in [2.24, 2.45) is 0 Å². The summed E-state index contributed by atoms with van der Waals surface area (Å²) in [4.78, 5) is 17.2. The molecule has 0 saturated heterocycles. The number of carbonyl (C=O) groups is 1. The summed E-state index contributed by atoms with van der Waals surface area (Å²) in [5, 5.41) is 5.11. The lowest BCUT2D eigenvalue weighted by molar-refractivity contribution is 0.102. The Bertz CT molecular complexity index is 1350. The van der Waals surface area contributed by atoms with Crippen LogP contribution in [-0.2, 0) is 16.6 Å². The van der Waals surface area contributed by atoms with Crippen LogP contribution in [0.15, 0.2) is 93.6 Å². The number of amides is 1. The average molecular weight is 542 g/mol. The van der Waals surface area contributed by atoms with Crippen molar-refractivity contribution >= 4 is 48.3 Å². The van der Waals surface area contributed by atoms with Crippen molar-refractivity contribution in [2.75, 3.05) is 12.4 Å². The SMILES string of the molecule is CN(Cc1ccccc1)S(=O)(=O)c1ccc(C(=O)Nc2nc(-c3ccc(Br)cc3)cs2)cc1. The monoisotopic (exact) mass is 541 g/mol. The molecule has 6 nitrogen and oxygen atoms in total. The third kappa shape index (κ3) is 5.56. The number of rotatable bonds is 7. The number of aromatic nitrogens is 1. The first-order chi connectivity index (χ1) is 15.8. The minimum absolute atomic E-state index is 0.129. The van der Waals surface area contributed by atoms with Gasteiger partial charge in [-0.3, -0.25) is 10.1 Å². The van der Waals surface area contributed by atoms with Gasteiger partial charge in [0.25, 0.3) is 5.91 Å². The molecule has 0 bridgehead atoms. The van der Waals surface area contributed by atoms with E-state index < -0.39 is 10.0 Å². The third-order valence-corrected chi connectivity index (χ3v) is 8.04. The molecule has 0 atom stereocenters. The molecule has 1 aromatic heterocycles. The topological polar surface area (TPSA) is 79.4 Å². The van der Waals surface area contributed by atoms with Crippen LogP contribution >= 0.6 is 27.3 Å². The van der Waals surface area contributed by atoms with Crippen molar-refractivity contribution in [2.45, 2.75) is 11.4 Å². The highest BCUT2D eigenvalue weighted by Crippen LogP contribution is 2.26. The maximum Gasteiger partial charge on any atom is 0.257 e. The van der Waals surface area contributed by atoms with Crippen molar-refractivity contribution in [3.05, 3.63) is 99.8 Å². The van der Waals surface area contributed by atoms with Crippen molar-refractivity contribution in [3.63, 3.8) is 0 Å². The maximum atomic E-state index is 12.9. The number of sulfonamides is 1. The Morgan fingerprint density at radius 3 is 2.33 bits per heavy atom. The highest BCUT2D eigenvalue weighted by molar-refractivity contribution is 9.10. The molecule has 168 valence electrons. The molecule has 9 heteroatoms. The van der Waals surface area contributed by atoms with Gasteiger partial charge in [-0.25, -0.2) is 13.4 Å². The van der Waals surface area contributed by atoms with E-state index in [2.05, 4.69) is 26.2 Å². The molecule has 33 heavy (non-hydrogen) atoms. The molecule has 4 rings (SSSR count). The molecule has 0 aliphatic rings. The second-order valence-corrected chi connectivity index (χ2v) is 11.1. The summed E-state index contributed by atoms with van der Waals surface area (Å²) in [6.07, 6.45) is 0. The summed E-state index contributed by atoms with van der Waals surface area (Å²) in [7, 11) is -2.14. The van der Waals surface area contributed by atoms with Crippen LogP contribution in [0, 0.1) is 0 Å². The maximum absolute atomic E-state index is 12.9. The molecule has 0 spiro atoms. The van der Waals surface area contributed by atoms with Gasteiger partial charge in [-0.1, -0.05) is 58.4 Å². The number of hydrogen-bond donors (Lipinski definition) is 1. The molecule has 1 amide bonds. The number of carbonyl (C=O) groups excluding carboxylic acids is 1. The lowest BCUT2D eigenvalue weighted by atomic mass is 10.2. The van der Waals surface area contributed by atoms with Crippen LogP contribution in [0.4, 0.5) is 5.13 Å². The van der Waals surface area contributed by atoms with Crippen LogP contribution in [0.5, 0.6) is 0 Å². The number of nitrogens with zero attached hydrogens (tertiary/aromatic N) is 2. The summed E-state index contributed by atoms with van der Waals surface area (Å²) in [6, 6.07) is 23.0. The first-order valence-corrected chi connectivity index (χ1v) is 13.1. The Kier molecular flexibility index (Phi) is 7.04. The van der Waals surface area contributed by atoms with E-state index in [9.17, 15) is 13.2 Å². The Morgan fingerprint density at radius 1 is 1.00 bits per heavy atom. The van der Waals surface area contributed by atoms with Gasteiger partial charge in [-0.2, -0.15) is 4.31 Å². The van der Waals surface area contributed by atoms with E-state index in [-0.39, 0.29) is 17.3 Å². The van der Waals surface area contributed by atoms with Crippen LogP contribution in [0.25, 0.3) is 11.3 Å². The summed E-state index contributed by atoms with van der Waals surface area (Å²) < 4.78 is 28.0. The summed E-state index contributed by atoms with van der Waals surface area (Å²) in [6.45, 7) is 0.260. The van der Waals surface area contributed by atoms with Gasteiger partial charge in [-0.15, -0.1) is 11.3 Å². The number of benzene rings is 3. The standard InChI is InChI=1S/C24H20BrN3O3S2/c1-28(15-17-5-3-2-4-6-17)33(30,31)21-13-9-19(10-14-21)23(29)27-24-26-22(16-32-24)18-7-11-20(25)12-8-18/h2-14,16H,15H2,1H3,(H,26,27,29). The predicted octanol–water partition coefficient (Wildman–Crippen LogP) is 5.65. The Morgan fingerprint density at radius 2 is 1.67 bits per heavy atom. The van der Waals surface area contributed by atoms with Crippen molar-refractivity contribution in [3.8, 4) is 11.3 Å². The quantitative estimate of drug-likeness (QED) is 0.328. The van der Waals surface area contributed by atoms with Crippen LogP contribution in [0.1, 0.15) is 15.9 Å². The zero-order valence-electron chi connectivity index (χ0n) is 17.6. The van der Waals surface area contributed by atoms with Crippen LogP contribution in [0.2, 0.25) is 0 Å². The molecule has 0 unspecified atom stereocenters. The molecule has 4 aromatic rings. The summed E-state index contributed by atoms with van der Waals surface area (Å²) >= 11 is 4.73. The molecule has 0 aliphatic heterocycles. The second-order valence-electron chi connectivity index (χ2n) is 7.27. The van der Waals surface area contributed by atoms with Crippen LogP contribution < -0.4 is 5.32 Å². The Hall–Kier alpha value is -2.85. The van der Waals surface area contributed by atoms with Crippen molar-refractivity contribution < 1.29 is 13.2 Å². The number of anilines is 1. The van der Waals surface area contributed by atoms with E-state index in [4.69, 9.17) is 0 Å². The number of nitrogens with one attached hydrogen (secondary N) is 1. The van der Waals surface area contributed by atoms with Crippen molar-refractivity contribution in [1.82, 2.24) is 9.29 Å². The number of thiazole rings is 1. The minimum Gasteiger partial charge on any atom is -0.298 e. The Labute approximate surface area is 205 Å². The van der Waals surface area contributed by atoms with Gasteiger partial charge in [-0.05, 0) is 42.0 Å². The Balaban J connectivity index is 1.43. The zero-order chi connectivity index (χ0) is 23.4. The van der Waals surface area contributed by atoms with Gasteiger partial charge in [0.15, 0.2) is 5.13 Å². The molecule has 0 aliphatic carbocycles. The summed E-state index contributed by atoms with van der Waals surface area (Å²) in [5.41, 5.74) is 2.96. The molecule has 0 fully saturated rings. The first-order valence-electron chi connectivity index (χ1n) is 9.96. The normalized spacial score (nSPS) is 11.5. The predicted molar refractivity (Wildman–Crippen MR) is 135 cm³/mol. The second kappa shape index (κ2) is 9.96. The van der Waals surface area contributed by atoms with Gasteiger partial charge in [0.2, 0.25) is 10.0 Å². The fourth-order valence-electron chi connectivity index (χ4n) is 3.14. The lowest BCUT2D eigenvalue weighted by Gasteiger charge is -2.17. The fraction of sp³-hybridized carbons (Fsp3) is 0.0833. The zero-order valence-corrected chi connectivity index (χ0v) is 20.8. The van der Waals surface area contributed by atoms with E-state index in [0.29, 0.717) is 10.7 Å². The van der Waals surface area contributed by atoms with Gasteiger partial charge in [0.1, 0.15) is 0 Å². The lowest BCUT2D eigenvalue weighted by Crippen LogP contribution is -2.26.